The van der Waals surface area contributed by atoms with Gasteiger partial charge in [0.15, 0.2) is 11.6 Å². The molecule has 0 fully saturated rings. The van der Waals surface area contributed by atoms with Gasteiger partial charge in [-0.3, -0.25) is 9.78 Å². The van der Waals surface area contributed by atoms with Gasteiger partial charge < -0.3 is 0 Å². The molecule has 0 spiro atoms. The van der Waals surface area contributed by atoms with E-state index in [1.165, 1.54) is 0 Å². The van der Waals surface area contributed by atoms with Crippen molar-refractivity contribution in [3.63, 3.8) is 0 Å². The van der Waals surface area contributed by atoms with Crippen molar-refractivity contribution in [3.8, 4) is 22.4 Å². The van der Waals surface area contributed by atoms with Gasteiger partial charge in [-0.05, 0) is 36.6 Å². The van der Waals surface area contributed by atoms with E-state index in [0.29, 0.717) is 11.8 Å². The molecule has 1 N–H and O–H groups in total. The van der Waals surface area contributed by atoms with Gasteiger partial charge in [0.1, 0.15) is 11.5 Å². The summed E-state index contributed by atoms with van der Waals surface area (Å²) in [6, 6.07) is 7.18. The summed E-state index contributed by atoms with van der Waals surface area (Å²) in [5.74, 6) is -3.13. The van der Waals surface area contributed by atoms with E-state index in [4.69, 9.17) is 0 Å². The van der Waals surface area contributed by atoms with Crippen LogP contribution in [0.15, 0.2) is 36.5 Å². The summed E-state index contributed by atoms with van der Waals surface area (Å²) in [4.78, 5) is 0. The van der Waals surface area contributed by atoms with Crippen molar-refractivity contribution in [1.82, 2.24) is 20.0 Å². The van der Waals surface area contributed by atoms with Crippen LogP contribution in [-0.2, 0) is 13.0 Å². The summed E-state index contributed by atoms with van der Waals surface area (Å²) in [6.45, 7) is 0.724. The fraction of sp³-hybridized carbons (Fsp3) is 0.158. The number of halogens is 3. The first kappa shape index (κ1) is 15.2. The number of nitrogens with one attached hydrogen (secondary N) is 1. The molecule has 4 aromatic rings. The average Bonchev–Trinajstić information content (AvgIpc) is 3.32. The second-order valence-corrected chi connectivity index (χ2v) is 6.42. The second kappa shape index (κ2) is 5.45. The maximum absolute atomic E-state index is 14.4. The number of benzene rings is 2. The van der Waals surface area contributed by atoms with Crippen LogP contribution in [0.25, 0.3) is 33.3 Å². The average molecular weight is 354 g/mol. The van der Waals surface area contributed by atoms with E-state index in [0.717, 1.165) is 53.2 Å². The number of H-pyrrole nitrogens is 1. The largest absolute Gasteiger partial charge is 0.278 e. The van der Waals surface area contributed by atoms with E-state index in [-0.39, 0.29) is 5.56 Å². The van der Waals surface area contributed by atoms with Crippen molar-refractivity contribution in [2.45, 2.75) is 19.4 Å². The predicted octanol–water partition coefficient (Wildman–Crippen LogP) is 4.46. The third-order valence-corrected chi connectivity index (χ3v) is 4.84. The van der Waals surface area contributed by atoms with E-state index in [1.807, 2.05) is 22.9 Å². The number of fused-ring (bicyclic) bond motifs is 2. The molecule has 2 aromatic carbocycles. The zero-order valence-corrected chi connectivity index (χ0v) is 13.6. The fourth-order valence-corrected chi connectivity index (χ4v) is 3.63. The van der Waals surface area contributed by atoms with Gasteiger partial charge in [0.2, 0.25) is 0 Å². The van der Waals surface area contributed by atoms with Crippen molar-refractivity contribution < 1.29 is 13.2 Å². The van der Waals surface area contributed by atoms with E-state index in [1.54, 1.807) is 6.20 Å². The van der Waals surface area contributed by atoms with Crippen LogP contribution >= 0.6 is 0 Å². The number of aromatic nitrogens is 4. The summed E-state index contributed by atoms with van der Waals surface area (Å²) in [7, 11) is 0. The molecular weight excluding hydrogens is 341 g/mol. The van der Waals surface area contributed by atoms with Crippen molar-refractivity contribution >= 4 is 10.9 Å². The molecule has 0 unspecified atom stereocenters. The highest BCUT2D eigenvalue weighted by atomic mass is 19.2. The molecule has 0 saturated heterocycles. The summed E-state index contributed by atoms with van der Waals surface area (Å²) < 4.78 is 43.3. The van der Waals surface area contributed by atoms with Gasteiger partial charge in [-0.1, -0.05) is 6.07 Å². The van der Waals surface area contributed by atoms with Crippen LogP contribution in [0.4, 0.5) is 13.2 Å². The number of aromatic amines is 1. The first-order chi connectivity index (χ1) is 12.6. The van der Waals surface area contributed by atoms with Crippen LogP contribution in [0, 0.1) is 17.5 Å². The Labute approximate surface area is 146 Å². The molecule has 4 nitrogen and oxygen atoms in total. The second-order valence-electron chi connectivity index (χ2n) is 6.42. The SMILES string of the molecule is Fc1cc(F)c(-c2nn3c(c2-c2ccc4[nH]ncc4c2)CCC3)cc1F. The predicted molar refractivity (Wildman–Crippen MR) is 90.9 cm³/mol. The summed E-state index contributed by atoms with van der Waals surface area (Å²) >= 11 is 0. The van der Waals surface area contributed by atoms with Gasteiger partial charge in [-0.25, -0.2) is 13.2 Å². The van der Waals surface area contributed by atoms with Crippen molar-refractivity contribution in [2.24, 2.45) is 0 Å². The molecule has 3 heterocycles. The molecule has 0 amide bonds. The maximum atomic E-state index is 14.4. The zero-order chi connectivity index (χ0) is 17.8. The van der Waals surface area contributed by atoms with Gasteiger partial charge in [0.05, 0.1) is 11.7 Å². The highest BCUT2D eigenvalue weighted by Gasteiger charge is 2.26. The Kier molecular flexibility index (Phi) is 3.19. The van der Waals surface area contributed by atoms with Gasteiger partial charge in [-0.15, -0.1) is 0 Å². The minimum absolute atomic E-state index is 0.0342. The Morgan fingerprint density at radius 2 is 1.85 bits per heavy atom. The molecule has 7 heteroatoms. The lowest BCUT2D eigenvalue weighted by atomic mass is 9.96. The van der Waals surface area contributed by atoms with Crippen molar-refractivity contribution in [2.75, 3.05) is 0 Å². The van der Waals surface area contributed by atoms with E-state index >= 15 is 0 Å². The molecule has 0 saturated carbocycles. The Morgan fingerprint density at radius 3 is 2.73 bits per heavy atom. The molecule has 130 valence electrons. The van der Waals surface area contributed by atoms with E-state index in [9.17, 15) is 13.2 Å². The molecule has 26 heavy (non-hydrogen) atoms. The Morgan fingerprint density at radius 1 is 1.00 bits per heavy atom. The van der Waals surface area contributed by atoms with Gasteiger partial charge in [-0.2, -0.15) is 10.2 Å². The molecule has 1 aliphatic rings. The lowest BCUT2D eigenvalue weighted by Gasteiger charge is -2.07. The lowest BCUT2D eigenvalue weighted by Crippen LogP contribution is -1.96. The van der Waals surface area contributed by atoms with Gasteiger partial charge in [0.25, 0.3) is 0 Å². The number of nitrogens with zero attached hydrogens (tertiary/aromatic N) is 3. The van der Waals surface area contributed by atoms with Crippen LogP contribution in [0.3, 0.4) is 0 Å². The number of rotatable bonds is 2. The molecule has 0 atom stereocenters. The zero-order valence-electron chi connectivity index (χ0n) is 13.6. The lowest BCUT2D eigenvalue weighted by molar-refractivity contribution is 0.496. The number of hydrogen-bond donors (Lipinski definition) is 1. The minimum atomic E-state index is -1.21. The summed E-state index contributed by atoms with van der Waals surface area (Å²) in [6.07, 6.45) is 3.46. The molecule has 0 aliphatic carbocycles. The van der Waals surface area contributed by atoms with Crippen LogP contribution in [0.5, 0.6) is 0 Å². The normalized spacial score (nSPS) is 13.5. The molecule has 2 aromatic heterocycles. The summed E-state index contributed by atoms with van der Waals surface area (Å²) in [5.41, 5.74) is 3.77. The van der Waals surface area contributed by atoms with Crippen molar-refractivity contribution in [3.05, 3.63) is 59.7 Å². The number of aryl methyl sites for hydroxylation is 1. The van der Waals surface area contributed by atoms with Crippen LogP contribution in [0.1, 0.15) is 12.1 Å². The quantitative estimate of drug-likeness (QED) is 0.541. The third-order valence-electron chi connectivity index (χ3n) is 4.84. The molecule has 0 bridgehead atoms. The van der Waals surface area contributed by atoms with Gasteiger partial charge in [0, 0.05) is 34.8 Å². The van der Waals surface area contributed by atoms with Crippen molar-refractivity contribution in [1.29, 1.82) is 0 Å². The van der Waals surface area contributed by atoms with Crippen LogP contribution in [0.2, 0.25) is 0 Å². The molecule has 5 rings (SSSR count). The Hall–Kier alpha value is -3.09. The first-order valence-corrected chi connectivity index (χ1v) is 8.30. The van der Waals surface area contributed by atoms with Crippen LogP contribution < -0.4 is 0 Å². The molecular formula is C19H13F3N4. The van der Waals surface area contributed by atoms with E-state index < -0.39 is 17.5 Å². The van der Waals surface area contributed by atoms with E-state index in [2.05, 4.69) is 15.3 Å². The Balaban J connectivity index is 1.78. The van der Waals surface area contributed by atoms with Gasteiger partial charge >= 0.3 is 0 Å². The third kappa shape index (κ3) is 2.16. The fourth-order valence-electron chi connectivity index (χ4n) is 3.63. The number of hydrogen-bond acceptors (Lipinski definition) is 2. The highest BCUT2D eigenvalue weighted by molar-refractivity contribution is 5.89. The monoisotopic (exact) mass is 354 g/mol. The minimum Gasteiger partial charge on any atom is -0.278 e. The van der Waals surface area contributed by atoms with Crippen LogP contribution in [-0.4, -0.2) is 20.0 Å². The molecule has 0 radical (unpaired) electrons. The summed E-state index contributed by atoms with van der Waals surface area (Å²) in [5, 5.41) is 12.3. The highest BCUT2D eigenvalue weighted by Crippen LogP contribution is 2.39. The Bertz CT molecular complexity index is 1160. The standard InChI is InChI=1S/C19H13F3N4/c20-13-8-15(22)14(21)7-12(13)19-18(17-2-1-5-26(17)25-19)10-3-4-16-11(6-10)9-23-24-16/h3-4,6-9H,1-2,5H2,(H,23,24). The smallest absolute Gasteiger partial charge is 0.161 e. The first-order valence-electron chi connectivity index (χ1n) is 8.30. The maximum Gasteiger partial charge on any atom is 0.161 e. The topological polar surface area (TPSA) is 46.5 Å². The molecule has 1 aliphatic heterocycles.